The van der Waals surface area contributed by atoms with Crippen LogP contribution in [-0.2, 0) is 16.1 Å². The van der Waals surface area contributed by atoms with Crippen molar-refractivity contribution in [3.63, 3.8) is 0 Å². The molecule has 0 saturated heterocycles. The zero-order valence-electron chi connectivity index (χ0n) is 20.8. The van der Waals surface area contributed by atoms with Crippen LogP contribution < -0.4 is 10.1 Å². The van der Waals surface area contributed by atoms with Gasteiger partial charge in [-0.2, -0.15) is 0 Å². The number of para-hydroxylation sites is 1. The number of carbonyl (C=O) groups excluding carboxylic acids is 2. The Kier molecular flexibility index (Phi) is 8.02. The van der Waals surface area contributed by atoms with Crippen molar-refractivity contribution < 1.29 is 19.1 Å². The van der Waals surface area contributed by atoms with Crippen LogP contribution in [0.25, 0.3) is 0 Å². The highest BCUT2D eigenvalue weighted by atomic mass is 16.5. The molecule has 3 aromatic carbocycles. The fourth-order valence-corrected chi connectivity index (χ4v) is 4.24. The SMILES string of the molecule is CCOC(=O)C1=C(CN(C)Cc2ccccc2)N(C)C(=O)N[C@H]1c1cccc(Oc2ccccc2)c1. The van der Waals surface area contributed by atoms with Crippen molar-refractivity contribution in [2.75, 3.05) is 27.2 Å². The average Bonchev–Trinajstić information content (AvgIpc) is 2.88. The standard InChI is InChI=1S/C29H31N3O4/c1-4-35-28(33)26-25(20-31(2)19-21-12-7-5-8-13-21)32(3)29(34)30-27(26)22-14-11-17-24(18-22)36-23-15-9-6-10-16-23/h5-18,27H,4,19-20H2,1-3H3,(H,30,34)/t27-/m0/s1. The highest BCUT2D eigenvalue weighted by Crippen LogP contribution is 2.33. The maximum atomic E-state index is 13.3. The van der Waals surface area contributed by atoms with Gasteiger partial charge in [0.15, 0.2) is 0 Å². The quantitative estimate of drug-likeness (QED) is 0.426. The van der Waals surface area contributed by atoms with E-state index in [1.54, 1.807) is 14.0 Å². The highest BCUT2D eigenvalue weighted by Gasteiger charge is 2.37. The van der Waals surface area contributed by atoms with E-state index in [1.807, 2.05) is 79.8 Å². The van der Waals surface area contributed by atoms with E-state index in [1.165, 1.54) is 4.90 Å². The summed E-state index contributed by atoms with van der Waals surface area (Å²) in [4.78, 5) is 29.8. The largest absolute Gasteiger partial charge is 0.463 e. The number of esters is 1. The van der Waals surface area contributed by atoms with Gasteiger partial charge in [0.05, 0.1) is 18.2 Å². The Morgan fingerprint density at radius 2 is 1.61 bits per heavy atom. The molecule has 1 N–H and O–H groups in total. The molecule has 7 heteroatoms. The Balaban J connectivity index is 1.69. The van der Waals surface area contributed by atoms with Crippen molar-refractivity contribution in [2.24, 2.45) is 0 Å². The van der Waals surface area contributed by atoms with Gasteiger partial charge in [0.2, 0.25) is 0 Å². The molecular weight excluding hydrogens is 454 g/mol. The lowest BCUT2D eigenvalue weighted by atomic mass is 9.94. The zero-order chi connectivity index (χ0) is 25.5. The molecule has 4 rings (SSSR count). The Morgan fingerprint density at radius 3 is 2.31 bits per heavy atom. The van der Waals surface area contributed by atoms with E-state index in [9.17, 15) is 9.59 Å². The van der Waals surface area contributed by atoms with Crippen molar-refractivity contribution in [2.45, 2.75) is 19.5 Å². The molecule has 3 aromatic rings. The molecule has 0 fully saturated rings. The zero-order valence-corrected chi connectivity index (χ0v) is 20.8. The number of urea groups is 1. The number of nitrogens with one attached hydrogen (secondary N) is 1. The molecule has 0 aliphatic carbocycles. The van der Waals surface area contributed by atoms with Gasteiger partial charge in [-0.05, 0) is 49.4 Å². The number of nitrogens with zero attached hydrogens (tertiary/aromatic N) is 2. The van der Waals surface area contributed by atoms with Crippen LogP contribution in [0, 0.1) is 0 Å². The van der Waals surface area contributed by atoms with Gasteiger partial charge in [0.25, 0.3) is 0 Å². The first-order chi connectivity index (χ1) is 17.5. The molecule has 186 valence electrons. The lowest BCUT2D eigenvalue weighted by molar-refractivity contribution is -0.139. The number of rotatable bonds is 9. The number of amides is 2. The minimum absolute atomic E-state index is 0.233. The summed E-state index contributed by atoms with van der Waals surface area (Å²) in [7, 11) is 3.64. The van der Waals surface area contributed by atoms with Crippen molar-refractivity contribution >= 4 is 12.0 Å². The monoisotopic (exact) mass is 485 g/mol. The predicted molar refractivity (Wildman–Crippen MR) is 138 cm³/mol. The van der Waals surface area contributed by atoms with E-state index in [0.717, 1.165) is 11.1 Å². The topological polar surface area (TPSA) is 71.1 Å². The molecule has 0 unspecified atom stereocenters. The second-order valence-corrected chi connectivity index (χ2v) is 8.67. The predicted octanol–water partition coefficient (Wildman–Crippen LogP) is 5.12. The fraction of sp³-hybridized carbons (Fsp3) is 0.241. The molecule has 0 bridgehead atoms. The number of benzene rings is 3. The first kappa shape index (κ1) is 25.0. The molecule has 7 nitrogen and oxygen atoms in total. The van der Waals surface area contributed by atoms with Gasteiger partial charge in [-0.3, -0.25) is 9.80 Å². The summed E-state index contributed by atoms with van der Waals surface area (Å²) in [5.41, 5.74) is 2.89. The number of likely N-dealkylation sites (N-methyl/N-ethyl adjacent to an activating group) is 2. The lowest BCUT2D eigenvalue weighted by Gasteiger charge is -2.36. The normalized spacial score (nSPS) is 15.6. The maximum absolute atomic E-state index is 13.3. The van der Waals surface area contributed by atoms with Gasteiger partial charge in [-0.1, -0.05) is 60.7 Å². The van der Waals surface area contributed by atoms with Gasteiger partial charge < -0.3 is 14.8 Å². The van der Waals surface area contributed by atoms with E-state index in [4.69, 9.17) is 9.47 Å². The summed E-state index contributed by atoms with van der Waals surface area (Å²) in [6.07, 6.45) is 0. The van der Waals surface area contributed by atoms with Crippen LogP contribution in [-0.4, -0.2) is 49.0 Å². The summed E-state index contributed by atoms with van der Waals surface area (Å²) in [5.74, 6) is 0.858. The number of ether oxygens (including phenoxy) is 2. The van der Waals surface area contributed by atoms with E-state index in [2.05, 4.69) is 22.3 Å². The van der Waals surface area contributed by atoms with Crippen LogP contribution in [0.1, 0.15) is 24.1 Å². The Bertz CT molecular complexity index is 1230. The molecule has 0 spiro atoms. The van der Waals surface area contributed by atoms with E-state index < -0.39 is 12.0 Å². The number of hydrogen-bond donors (Lipinski definition) is 1. The van der Waals surface area contributed by atoms with Gasteiger partial charge in [-0.25, -0.2) is 9.59 Å². The smallest absolute Gasteiger partial charge is 0.338 e. The maximum Gasteiger partial charge on any atom is 0.338 e. The molecule has 1 atom stereocenters. The molecule has 0 saturated carbocycles. The first-order valence-electron chi connectivity index (χ1n) is 12.0. The summed E-state index contributed by atoms with van der Waals surface area (Å²) in [5, 5.41) is 2.97. The summed E-state index contributed by atoms with van der Waals surface area (Å²) >= 11 is 0. The Morgan fingerprint density at radius 1 is 0.944 bits per heavy atom. The molecule has 0 aromatic heterocycles. The van der Waals surface area contributed by atoms with Crippen molar-refractivity contribution in [3.05, 3.63) is 107 Å². The third-order valence-corrected chi connectivity index (χ3v) is 5.96. The van der Waals surface area contributed by atoms with Gasteiger partial charge in [0, 0.05) is 25.8 Å². The number of carbonyl (C=O) groups is 2. The molecule has 0 radical (unpaired) electrons. The summed E-state index contributed by atoms with van der Waals surface area (Å²) in [6.45, 7) is 3.07. The van der Waals surface area contributed by atoms with Crippen LogP contribution in [0.2, 0.25) is 0 Å². The van der Waals surface area contributed by atoms with E-state index in [-0.39, 0.29) is 12.6 Å². The van der Waals surface area contributed by atoms with Crippen LogP contribution in [0.4, 0.5) is 4.79 Å². The highest BCUT2D eigenvalue weighted by molar-refractivity contribution is 5.95. The molecule has 1 aliphatic rings. The van der Waals surface area contributed by atoms with E-state index in [0.29, 0.717) is 35.9 Å². The molecule has 2 amide bonds. The van der Waals surface area contributed by atoms with Crippen molar-refractivity contribution in [3.8, 4) is 11.5 Å². The summed E-state index contributed by atoms with van der Waals surface area (Å²) in [6, 6.07) is 26.0. The molecular formula is C29H31N3O4. The Hall–Kier alpha value is -4.10. The average molecular weight is 486 g/mol. The van der Waals surface area contributed by atoms with E-state index >= 15 is 0 Å². The second kappa shape index (κ2) is 11.6. The first-order valence-corrected chi connectivity index (χ1v) is 12.0. The van der Waals surface area contributed by atoms with Crippen LogP contribution in [0.3, 0.4) is 0 Å². The van der Waals surface area contributed by atoms with Gasteiger partial charge in [0.1, 0.15) is 11.5 Å². The number of hydrogen-bond acceptors (Lipinski definition) is 5. The molecule has 36 heavy (non-hydrogen) atoms. The lowest BCUT2D eigenvalue weighted by Crippen LogP contribution is -2.49. The fourth-order valence-electron chi connectivity index (χ4n) is 4.24. The van der Waals surface area contributed by atoms with Crippen LogP contribution in [0.15, 0.2) is 96.2 Å². The van der Waals surface area contributed by atoms with Gasteiger partial charge in [-0.15, -0.1) is 0 Å². The third kappa shape index (κ3) is 5.93. The molecule has 1 heterocycles. The minimum atomic E-state index is -0.674. The van der Waals surface area contributed by atoms with Crippen LogP contribution in [0.5, 0.6) is 11.5 Å². The van der Waals surface area contributed by atoms with Crippen LogP contribution >= 0.6 is 0 Å². The van der Waals surface area contributed by atoms with Crippen molar-refractivity contribution in [1.29, 1.82) is 0 Å². The third-order valence-electron chi connectivity index (χ3n) is 5.96. The minimum Gasteiger partial charge on any atom is -0.463 e. The van der Waals surface area contributed by atoms with Crippen molar-refractivity contribution in [1.82, 2.24) is 15.1 Å². The van der Waals surface area contributed by atoms with Gasteiger partial charge >= 0.3 is 12.0 Å². The summed E-state index contributed by atoms with van der Waals surface area (Å²) < 4.78 is 11.4. The molecule has 1 aliphatic heterocycles. The second-order valence-electron chi connectivity index (χ2n) is 8.67. The Labute approximate surface area is 211 Å².